The highest BCUT2D eigenvalue weighted by atomic mass is 79.9. The van der Waals surface area contributed by atoms with Crippen LogP contribution in [-0.4, -0.2) is 40.8 Å². The van der Waals surface area contributed by atoms with E-state index in [1.807, 2.05) is 13.8 Å². The molecule has 1 aromatic rings. The van der Waals surface area contributed by atoms with Crippen LogP contribution >= 0.6 is 15.9 Å². The van der Waals surface area contributed by atoms with Crippen molar-refractivity contribution in [3.05, 3.63) is 22.9 Å². The Bertz CT molecular complexity index is 691. The Balaban J connectivity index is 0.00000352. The maximum Gasteiger partial charge on any atom is 0.460 e. The second kappa shape index (κ2) is 8.37. The van der Waals surface area contributed by atoms with Crippen LogP contribution in [-0.2, 0) is 4.79 Å². The number of alkyl halides is 11. The first kappa shape index (κ1) is 26.3. The third kappa shape index (κ3) is 4.49. The quantitative estimate of drug-likeness (QED) is 0.405. The molecule has 15 heteroatoms. The van der Waals surface area contributed by atoms with Crippen LogP contribution in [0.5, 0.6) is 0 Å². The number of anilines is 1. The molecular weight excluding hydrogens is 489 g/mol. The fourth-order valence-electron chi connectivity index (χ4n) is 1.40. The second-order valence-electron chi connectivity index (χ2n) is 4.62. The van der Waals surface area contributed by atoms with Crippen LogP contribution in [0.25, 0.3) is 0 Å². The molecule has 0 radical (unpaired) electrons. The van der Waals surface area contributed by atoms with E-state index in [9.17, 15) is 53.1 Å². The van der Waals surface area contributed by atoms with Gasteiger partial charge in [0.1, 0.15) is 4.60 Å². The summed E-state index contributed by atoms with van der Waals surface area (Å²) in [6, 6.07) is 1.45. The van der Waals surface area contributed by atoms with E-state index in [2.05, 4.69) is 20.9 Å². The zero-order chi connectivity index (χ0) is 22.8. The minimum absolute atomic E-state index is 0.140. The van der Waals surface area contributed by atoms with Crippen molar-refractivity contribution in [1.82, 2.24) is 4.98 Å². The summed E-state index contributed by atoms with van der Waals surface area (Å²) in [5.41, 5.74) is -0.710. The number of nitrogens with zero attached hydrogens (tertiary/aromatic N) is 1. The summed E-state index contributed by atoms with van der Waals surface area (Å²) in [6.45, 7) is 4.00. The Hall–Kier alpha value is -1.67. The number of halogens is 12. The molecule has 0 bridgehead atoms. The highest BCUT2D eigenvalue weighted by Gasteiger charge is 2.88. The van der Waals surface area contributed by atoms with Gasteiger partial charge in [0, 0.05) is 11.9 Å². The maximum atomic E-state index is 13.4. The van der Waals surface area contributed by atoms with Crippen LogP contribution < -0.4 is 5.32 Å². The summed E-state index contributed by atoms with van der Waals surface area (Å²) in [7, 11) is 0. The Morgan fingerprint density at radius 3 is 1.75 bits per heavy atom. The standard InChI is InChI=1S/C11H4BrF11N2O.C2H6/c12-5-3-4(1-2-24-5)25-6(26)7(13,14)8(15,16)9(17,18)10(19,20)11(21,22)23;1-2/h1-3H,(H,24,25,26);1-2H3. The molecule has 0 saturated carbocycles. The summed E-state index contributed by atoms with van der Waals surface area (Å²) in [5, 5.41) is 0.993. The summed E-state index contributed by atoms with van der Waals surface area (Å²) < 4.78 is 140. The third-order valence-corrected chi connectivity index (χ3v) is 3.24. The zero-order valence-electron chi connectivity index (χ0n) is 13.6. The van der Waals surface area contributed by atoms with Gasteiger partial charge in [0.05, 0.1) is 0 Å². The number of carbonyl (C=O) groups excluding carboxylic acids is 1. The molecule has 1 amide bonds. The van der Waals surface area contributed by atoms with Gasteiger partial charge in [0.2, 0.25) is 0 Å². The molecule has 0 saturated heterocycles. The molecule has 0 fully saturated rings. The van der Waals surface area contributed by atoms with Gasteiger partial charge in [0.15, 0.2) is 0 Å². The number of pyridine rings is 1. The number of hydrogen-bond acceptors (Lipinski definition) is 2. The van der Waals surface area contributed by atoms with Gasteiger partial charge in [-0.15, -0.1) is 0 Å². The smallest absolute Gasteiger partial charge is 0.320 e. The van der Waals surface area contributed by atoms with Gasteiger partial charge in [-0.3, -0.25) is 4.79 Å². The largest absolute Gasteiger partial charge is 0.460 e. The van der Waals surface area contributed by atoms with Crippen molar-refractivity contribution in [2.75, 3.05) is 5.32 Å². The van der Waals surface area contributed by atoms with Crippen molar-refractivity contribution in [3.8, 4) is 0 Å². The Morgan fingerprint density at radius 2 is 1.36 bits per heavy atom. The molecule has 162 valence electrons. The van der Waals surface area contributed by atoms with E-state index in [0.29, 0.717) is 0 Å². The van der Waals surface area contributed by atoms with E-state index in [-0.39, 0.29) is 4.60 Å². The van der Waals surface area contributed by atoms with Gasteiger partial charge in [-0.05, 0) is 28.1 Å². The number of amides is 1. The second-order valence-corrected chi connectivity index (χ2v) is 5.43. The van der Waals surface area contributed by atoms with Gasteiger partial charge in [-0.2, -0.15) is 48.3 Å². The fraction of sp³-hybridized carbons (Fsp3) is 0.538. The Morgan fingerprint density at radius 1 is 0.893 bits per heavy atom. The van der Waals surface area contributed by atoms with Crippen molar-refractivity contribution >= 4 is 27.5 Å². The minimum Gasteiger partial charge on any atom is -0.320 e. The van der Waals surface area contributed by atoms with Crippen LogP contribution in [0.3, 0.4) is 0 Å². The van der Waals surface area contributed by atoms with Crippen LogP contribution in [0.15, 0.2) is 22.9 Å². The lowest BCUT2D eigenvalue weighted by Crippen LogP contribution is -2.68. The lowest BCUT2D eigenvalue weighted by atomic mass is 9.97. The van der Waals surface area contributed by atoms with E-state index in [1.54, 1.807) is 0 Å². The molecule has 1 heterocycles. The van der Waals surface area contributed by atoms with Crippen LogP contribution in [0, 0.1) is 0 Å². The van der Waals surface area contributed by atoms with Crippen molar-refractivity contribution in [1.29, 1.82) is 0 Å². The predicted octanol–water partition coefficient (Wildman–Crippen LogP) is 5.91. The molecule has 1 N–H and O–H groups in total. The molecule has 3 nitrogen and oxygen atoms in total. The van der Waals surface area contributed by atoms with E-state index in [0.717, 1.165) is 23.6 Å². The topological polar surface area (TPSA) is 42.0 Å². The lowest BCUT2D eigenvalue weighted by molar-refractivity contribution is -0.416. The Labute approximate surface area is 158 Å². The molecular formula is C13H10BrF11N2O. The van der Waals surface area contributed by atoms with E-state index >= 15 is 0 Å². The third-order valence-electron chi connectivity index (χ3n) is 2.81. The molecule has 0 atom stereocenters. The fourth-order valence-corrected chi connectivity index (χ4v) is 1.77. The van der Waals surface area contributed by atoms with Gasteiger partial charge in [-0.1, -0.05) is 13.8 Å². The highest BCUT2D eigenvalue weighted by molar-refractivity contribution is 9.10. The number of rotatable bonds is 5. The summed E-state index contributed by atoms with van der Waals surface area (Å²) >= 11 is 2.68. The first-order chi connectivity index (χ1) is 12.4. The molecule has 0 aliphatic heterocycles. The molecule has 1 aromatic heterocycles. The van der Waals surface area contributed by atoms with Crippen molar-refractivity contribution in [2.45, 2.75) is 43.7 Å². The van der Waals surface area contributed by atoms with Crippen molar-refractivity contribution in [2.24, 2.45) is 0 Å². The molecule has 28 heavy (non-hydrogen) atoms. The van der Waals surface area contributed by atoms with E-state index in [1.165, 1.54) is 0 Å². The monoisotopic (exact) mass is 498 g/mol. The Kier molecular flexibility index (Phi) is 7.87. The number of carbonyl (C=O) groups is 1. The number of nitrogens with one attached hydrogen (secondary N) is 1. The molecule has 0 aliphatic carbocycles. The van der Waals surface area contributed by atoms with Gasteiger partial charge in [-0.25, -0.2) is 4.98 Å². The average molecular weight is 499 g/mol. The molecule has 1 rings (SSSR count). The van der Waals surface area contributed by atoms with Gasteiger partial charge in [0.25, 0.3) is 0 Å². The maximum absolute atomic E-state index is 13.4. The molecule has 0 spiro atoms. The van der Waals surface area contributed by atoms with Crippen LogP contribution in [0.4, 0.5) is 54.0 Å². The van der Waals surface area contributed by atoms with Crippen LogP contribution in [0.1, 0.15) is 13.8 Å². The predicted molar refractivity (Wildman–Crippen MR) is 77.8 cm³/mol. The van der Waals surface area contributed by atoms with E-state index < -0.39 is 41.5 Å². The SMILES string of the molecule is CC.O=C(Nc1ccnc(Br)c1)C(F)(F)C(F)(F)C(F)(F)C(F)(F)C(F)(F)F. The normalized spacial score (nSPS) is 13.5. The van der Waals surface area contributed by atoms with Crippen molar-refractivity contribution in [3.63, 3.8) is 0 Å². The van der Waals surface area contributed by atoms with Gasteiger partial charge >= 0.3 is 35.8 Å². The summed E-state index contributed by atoms with van der Waals surface area (Å²) in [5.74, 6) is -32.5. The van der Waals surface area contributed by atoms with Gasteiger partial charge < -0.3 is 5.32 Å². The number of hydrogen-bond donors (Lipinski definition) is 1. The minimum atomic E-state index is -7.64. The first-order valence-electron chi connectivity index (χ1n) is 6.90. The molecule has 0 aliphatic rings. The van der Waals surface area contributed by atoms with Crippen LogP contribution in [0.2, 0.25) is 0 Å². The molecule has 0 unspecified atom stereocenters. The van der Waals surface area contributed by atoms with E-state index in [4.69, 9.17) is 0 Å². The number of aromatic nitrogens is 1. The zero-order valence-corrected chi connectivity index (χ0v) is 15.2. The van der Waals surface area contributed by atoms with Crippen molar-refractivity contribution < 1.29 is 53.1 Å². The first-order valence-corrected chi connectivity index (χ1v) is 7.70. The average Bonchev–Trinajstić information content (AvgIpc) is 2.55. The highest BCUT2D eigenvalue weighted by Crippen LogP contribution is 2.57. The lowest BCUT2D eigenvalue weighted by Gasteiger charge is -2.36. The summed E-state index contributed by atoms with van der Waals surface area (Å²) in [6.07, 6.45) is -6.45. The molecule has 0 aromatic carbocycles. The summed E-state index contributed by atoms with van der Waals surface area (Å²) in [4.78, 5) is 14.6.